The highest BCUT2D eigenvalue weighted by Gasteiger charge is 2.14. The number of amides is 1. The van der Waals surface area contributed by atoms with E-state index in [2.05, 4.69) is 10.5 Å². The van der Waals surface area contributed by atoms with Crippen molar-refractivity contribution in [1.29, 1.82) is 0 Å². The fourth-order valence-electron chi connectivity index (χ4n) is 1.96. The number of hydrogen-bond donors (Lipinski definition) is 2. The second-order valence-electron chi connectivity index (χ2n) is 4.89. The molecule has 0 bridgehead atoms. The summed E-state index contributed by atoms with van der Waals surface area (Å²) >= 11 is 0. The normalized spacial score (nSPS) is 10.6. The van der Waals surface area contributed by atoms with E-state index in [0.717, 1.165) is 0 Å². The summed E-state index contributed by atoms with van der Waals surface area (Å²) in [4.78, 5) is 22.3. The predicted octanol–water partition coefficient (Wildman–Crippen LogP) is 2.38. The van der Waals surface area contributed by atoms with Gasteiger partial charge in [-0.25, -0.2) is 5.43 Å². The highest BCUT2D eigenvalue weighted by atomic mass is 16.6. The van der Waals surface area contributed by atoms with E-state index >= 15 is 0 Å². The minimum Gasteiger partial charge on any atom is -0.504 e. The Morgan fingerprint density at radius 3 is 2.71 bits per heavy atom. The van der Waals surface area contributed by atoms with Crippen molar-refractivity contribution < 1.29 is 19.6 Å². The molecular formula is C16H15N3O5. The van der Waals surface area contributed by atoms with Gasteiger partial charge >= 0.3 is 0 Å². The van der Waals surface area contributed by atoms with Crippen LogP contribution in [-0.4, -0.2) is 29.3 Å². The molecule has 0 radical (unpaired) electrons. The summed E-state index contributed by atoms with van der Waals surface area (Å²) in [6.45, 7) is 1.59. The van der Waals surface area contributed by atoms with Gasteiger partial charge in [0.25, 0.3) is 11.6 Å². The van der Waals surface area contributed by atoms with Crippen LogP contribution < -0.4 is 10.2 Å². The molecule has 0 aromatic heterocycles. The molecule has 0 atom stereocenters. The number of hydrogen-bond acceptors (Lipinski definition) is 6. The number of ether oxygens (including phenoxy) is 1. The van der Waals surface area contributed by atoms with E-state index in [9.17, 15) is 20.0 Å². The molecule has 2 aromatic rings. The van der Waals surface area contributed by atoms with Crippen LogP contribution in [0.4, 0.5) is 5.69 Å². The average molecular weight is 329 g/mol. The molecule has 124 valence electrons. The topological polar surface area (TPSA) is 114 Å². The van der Waals surface area contributed by atoms with Gasteiger partial charge in [-0.1, -0.05) is 6.07 Å². The maximum absolute atomic E-state index is 12.0. The molecule has 2 rings (SSSR count). The minimum absolute atomic E-state index is 0.0538. The highest BCUT2D eigenvalue weighted by molar-refractivity contribution is 5.95. The van der Waals surface area contributed by atoms with Gasteiger partial charge in [-0.15, -0.1) is 0 Å². The van der Waals surface area contributed by atoms with Crippen LogP contribution in [0.1, 0.15) is 21.5 Å². The van der Waals surface area contributed by atoms with Gasteiger partial charge in [-0.05, 0) is 36.8 Å². The lowest BCUT2D eigenvalue weighted by Crippen LogP contribution is -2.17. The zero-order valence-electron chi connectivity index (χ0n) is 13.0. The van der Waals surface area contributed by atoms with Gasteiger partial charge in [-0.2, -0.15) is 5.10 Å². The smallest absolute Gasteiger partial charge is 0.273 e. The van der Waals surface area contributed by atoms with Gasteiger partial charge in [0, 0.05) is 17.2 Å². The van der Waals surface area contributed by atoms with Crippen LogP contribution in [0.15, 0.2) is 41.5 Å². The second-order valence-corrected chi connectivity index (χ2v) is 4.89. The number of hydrazone groups is 1. The molecule has 0 aliphatic heterocycles. The van der Waals surface area contributed by atoms with Crippen molar-refractivity contribution in [2.45, 2.75) is 6.92 Å². The molecule has 8 nitrogen and oxygen atoms in total. The fourth-order valence-corrected chi connectivity index (χ4v) is 1.96. The molecule has 2 N–H and O–H groups in total. The van der Waals surface area contributed by atoms with Crippen molar-refractivity contribution in [2.75, 3.05) is 7.11 Å². The van der Waals surface area contributed by atoms with Crippen LogP contribution in [0.5, 0.6) is 11.5 Å². The van der Waals surface area contributed by atoms with Gasteiger partial charge in [0.1, 0.15) is 0 Å². The number of phenolic OH excluding ortho intramolecular Hbond substituents is 1. The van der Waals surface area contributed by atoms with E-state index in [4.69, 9.17) is 4.74 Å². The number of benzene rings is 2. The Morgan fingerprint density at radius 1 is 1.33 bits per heavy atom. The van der Waals surface area contributed by atoms with Crippen molar-refractivity contribution in [3.05, 3.63) is 63.2 Å². The van der Waals surface area contributed by atoms with E-state index in [1.165, 1.54) is 37.6 Å². The third-order valence-corrected chi connectivity index (χ3v) is 3.25. The standard InChI is InChI=1S/C16H15N3O5/c1-10-3-5-12(8-13(10)19(22)23)16(21)18-17-9-11-4-6-15(24-2)14(20)7-11/h3-9,20H,1-2H3,(H,18,21)/b17-9+. The van der Waals surface area contributed by atoms with Crippen LogP contribution in [0.2, 0.25) is 0 Å². The van der Waals surface area contributed by atoms with E-state index in [0.29, 0.717) is 16.9 Å². The Kier molecular flexibility index (Phi) is 5.10. The first-order valence-corrected chi connectivity index (χ1v) is 6.88. The monoisotopic (exact) mass is 329 g/mol. The van der Waals surface area contributed by atoms with Gasteiger partial charge in [0.15, 0.2) is 11.5 Å². The van der Waals surface area contributed by atoms with Crippen LogP contribution in [0.3, 0.4) is 0 Å². The summed E-state index contributed by atoms with van der Waals surface area (Å²) in [7, 11) is 1.43. The Hall–Kier alpha value is -3.42. The molecule has 1 amide bonds. The summed E-state index contributed by atoms with van der Waals surface area (Å²) in [5.41, 5.74) is 3.28. The predicted molar refractivity (Wildman–Crippen MR) is 87.6 cm³/mol. The Labute approximate surface area is 137 Å². The Balaban J connectivity index is 2.09. The lowest BCUT2D eigenvalue weighted by molar-refractivity contribution is -0.385. The largest absolute Gasteiger partial charge is 0.504 e. The number of methoxy groups -OCH3 is 1. The molecule has 0 unspecified atom stereocenters. The lowest BCUT2D eigenvalue weighted by atomic mass is 10.1. The number of aromatic hydroxyl groups is 1. The quantitative estimate of drug-likeness (QED) is 0.496. The van der Waals surface area contributed by atoms with Gasteiger partial charge < -0.3 is 9.84 Å². The Bertz CT molecular complexity index is 817. The number of carbonyl (C=O) groups excluding carboxylic acids is 1. The van der Waals surface area contributed by atoms with Crippen molar-refractivity contribution in [2.24, 2.45) is 5.10 Å². The first-order valence-electron chi connectivity index (χ1n) is 6.88. The average Bonchev–Trinajstić information content (AvgIpc) is 2.55. The van der Waals surface area contributed by atoms with Crippen molar-refractivity contribution >= 4 is 17.8 Å². The maximum Gasteiger partial charge on any atom is 0.273 e. The highest BCUT2D eigenvalue weighted by Crippen LogP contribution is 2.25. The number of nitrogens with zero attached hydrogens (tertiary/aromatic N) is 2. The van der Waals surface area contributed by atoms with E-state index < -0.39 is 10.8 Å². The first-order chi connectivity index (χ1) is 11.4. The van der Waals surface area contributed by atoms with Crippen molar-refractivity contribution in [3.8, 4) is 11.5 Å². The third kappa shape index (κ3) is 3.86. The van der Waals surface area contributed by atoms with Gasteiger partial charge in [-0.3, -0.25) is 14.9 Å². The number of nitro groups is 1. The molecule has 0 heterocycles. The second kappa shape index (κ2) is 7.23. The molecule has 0 fully saturated rings. The van der Waals surface area contributed by atoms with Crippen LogP contribution in [0, 0.1) is 17.0 Å². The van der Waals surface area contributed by atoms with E-state index in [-0.39, 0.29) is 17.0 Å². The number of nitro benzene ring substituents is 1. The van der Waals surface area contributed by atoms with E-state index in [1.807, 2.05) is 0 Å². The summed E-state index contributed by atoms with van der Waals surface area (Å²) in [5.74, 6) is -0.308. The first kappa shape index (κ1) is 16.9. The number of carbonyl (C=O) groups is 1. The molecule has 0 aliphatic rings. The minimum atomic E-state index is -0.577. The molecule has 0 spiro atoms. The third-order valence-electron chi connectivity index (χ3n) is 3.25. The zero-order valence-corrected chi connectivity index (χ0v) is 13.0. The SMILES string of the molecule is COc1ccc(/C=N/NC(=O)c2ccc(C)c([N+](=O)[O-])c2)cc1O. The van der Waals surface area contributed by atoms with Gasteiger partial charge in [0.05, 0.1) is 18.2 Å². The lowest BCUT2D eigenvalue weighted by Gasteiger charge is -2.04. The maximum atomic E-state index is 12.0. The summed E-state index contributed by atoms with van der Waals surface area (Å²) in [6, 6.07) is 8.79. The molecule has 24 heavy (non-hydrogen) atoms. The molecule has 8 heteroatoms. The number of nitrogens with one attached hydrogen (secondary N) is 1. The molecule has 2 aromatic carbocycles. The number of rotatable bonds is 5. The van der Waals surface area contributed by atoms with Gasteiger partial charge in [0.2, 0.25) is 0 Å². The summed E-state index contributed by atoms with van der Waals surface area (Å²) in [6.07, 6.45) is 1.33. The summed E-state index contributed by atoms with van der Waals surface area (Å²) < 4.78 is 4.92. The van der Waals surface area contributed by atoms with Crippen molar-refractivity contribution in [1.82, 2.24) is 5.43 Å². The number of phenols is 1. The Morgan fingerprint density at radius 2 is 2.08 bits per heavy atom. The van der Waals surface area contributed by atoms with Crippen LogP contribution in [0.25, 0.3) is 0 Å². The van der Waals surface area contributed by atoms with Crippen LogP contribution in [-0.2, 0) is 0 Å². The molecular weight excluding hydrogens is 314 g/mol. The van der Waals surface area contributed by atoms with Crippen LogP contribution >= 0.6 is 0 Å². The van der Waals surface area contributed by atoms with E-state index in [1.54, 1.807) is 19.1 Å². The fraction of sp³-hybridized carbons (Fsp3) is 0.125. The van der Waals surface area contributed by atoms with Crippen molar-refractivity contribution in [3.63, 3.8) is 0 Å². The zero-order chi connectivity index (χ0) is 17.7. The summed E-state index contributed by atoms with van der Waals surface area (Å²) in [5, 5.41) is 24.3. The molecule has 0 saturated heterocycles. The molecule has 0 saturated carbocycles. The molecule has 0 aliphatic carbocycles. The number of aryl methyl sites for hydroxylation is 1.